The summed E-state index contributed by atoms with van der Waals surface area (Å²) < 4.78 is 20.9. The maximum Gasteiger partial charge on any atom is 0.291 e. The Morgan fingerprint density at radius 2 is 1.83 bits per heavy atom. The summed E-state index contributed by atoms with van der Waals surface area (Å²) in [7, 11) is 0. The van der Waals surface area contributed by atoms with Gasteiger partial charge in [-0.15, -0.1) is 0 Å². The van der Waals surface area contributed by atoms with E-state index in [1.807, 2.05) is 0 Å². The molecular weight excluding hydrogens is 393 g/mol. The van der Waals surface area contributed by atoms with E-state index in [1.165, 1.54) is 41.6 Å². The minimum Gasteiger partial charge on any atom is -0.446 e. The lowest BCUT2D eigenvalue weighted by atomic mass is 9.93. The van der Waals surface area contributed by atoms with Crippen LogP contribution in [0.15, 0.2) is 47.4 Å². The van der Waals surface area contributed by atoms with Crippen molar-refractivity contribution in [2.45, 2.75) is 37.8 Å². The Labute approximate surface area is 170 Å². The Kier molecular flexibility index (Phi) is 5.57. The number of rotatable bonds is 5. The van der Waals surface area contributed by atoms with Gasteiger partial charge >= 0.3 is 0 Å². The number of hydrogen-bond acceptors (Lipinski definition) is 6. The summed E-state index contributed by atoms with van der Waals surface area (Å²) in [6.45, 7) is 0. The molecule has 0 saturated heterocycles. The number of hydrogen-bond donors (Lipinski definition) is 3. The van der Waals surface area contributed by atoms with Crippen LogP contribution in [-0.4, -0.2) is 43.8 Å². The molecule has 0 bridgehead atoms. The van der Waals surface area contributed by atoms with Gasteiger partial charge in [-0.05, 0) is 56.0 Å². The molecule has 0 atom stereocenters. The Bertz CT molecular complexity index is 1040. The molecule has 1 fully saturated rings. The smallest absolute Gasteiger partial charge is 0.291 e. The zero-order chi connectivity index (χ0) is 21.1. The number of aromatic nitrogens is 3. The second-order valence-electron chi connectivity index (χ2n) is 7.10. The van der Waals surface area contributed by atoms with E-state index in [0.717, 1.165) is 6.07 Å². The second kappa shape index (κ2) is 8.46. The Hall–Kier alpha value is -3.53. The van der Waals surface area contributed by atoms with Crippen LogP contribution in [0.1, 0.15) is 46.8 Å². The Morgan fingerprint density at radius 1 is 1.10 bits per heavy atom. The summed E-state index contributed by atoms with van der Waals surface area (Å²) in [5.41, 5.74) is 0.419. The molecule has 156 valence electrons. The predicted octanol–water partition coefficient (Wildman–Crippen LogP) is 2.29. The molecule has 1 aliphatic rings. The number of carbonyl (C=O) groups is 2. The quantitative estimate of drug-likeness (QED) is 0.590. The first-order valence-corrected chi connectivity index (χ1v) is 9.54. The van der Waals surface area contributed by atoms with Crippen molar-refractivity contribution in [1.82, 2.24) is 20.1 Å². The van der Waals surface area contributed by atoms with Crippen LogP contribution >= 0.6 is 0 Å². The summed E-state index contributed by atoms with van der Waals surface area (Å²) in [5.74, 6) is -1.67. The van der Waals surface area contributed by atoms with Gasteiger partial charge in [0.1, 0.15) is 18.3 Å². The maximum atomic E-state index is 14.3. The van der Waals surface area contributed by atoms with E-state index in [-0.39, 0.29) is 35.0 Å². The number of carbonyl (C=O) groups excluding carboxylic acids is 2. The third-order valence-electron chi connectivity index (χ3n) is 4.96. The van der Waals surface area contributed by atoms with Gasteiger partial charge in [-0.1, -0.05) is 0 Å². The average Bonchev–Trinajstić information content (AvgIpc) is 3.42. The van der Waals surface area contributed by atoms with Gasteiger partial charge in [-0.3, -0.25) is 9.59 Å². The SMILES string of the molecule is O=C(Nc1ccc(-n2cncn2)c(F)c1)c1ccc(C(=O)NC2CCC(O)CC2)o1. The van der Waals surface area contributed by atoms with Crippen molar-refractivity contribution in [2.75, 3.05) is 5.32 Å². The molecule has 1 aliphatic carbocycles. The van der Waals surface area contributed by atoms with E-state index in [9.17, 15) is 19.1 Å². The molecule has 2 heterocycles. The van der Waals surface area contributed by atoms with Crippen molar-refractivity contribution in [3.8, 4) is 5.69 Å². The fourth-order valence-electron chi connectivity index (χ4n) is 3.35. The zero-order valence-corrected chi connectivity index (χ0v) is 15.9. The molecule has 30 heavy (non-hydrogen) atoms. The minimum atomic E-state index is -0.609. The van der Waals surface area contributed by atoms with E-state index in [0.29, 0.717) is 25.7 Å². The van der Waals surface area contributed by atoms with E-state index >= 15 is 0 Å². The molecule has 4 rings (SSSR count). The highest BCUT2D eigenvalue weighted by Gasteiger charge is 2.23. The third-order valence-corrected chi connectivity index (χ3v) is 4.96. The molecular formula is C20H20FN5O4. The topological polar surface area (TPSA) is 122 Å². The number of aliphatic hydroxyl groups is 1. The van der Waals surface area contributed by atoms with Gasteiger partial charge in [-0.2, -0.15) is 5.10 Å². The molecule has 3 N–H and O–H groups in total. The first-order chi connectivity index (χ1) is 14.5. The number of benzene rings is 1. The van der Waals surface area contributed by atoms with Gasteiger partial charge in [0.2, 0.25) is 0 Å². The number of anilines is 1. The fraction of sp³-hybridized carbons (Fsp3) is 0.300. The first-order valence-electron chi connectivity index (χ1n) is 9.54. The molecule has 1 saturated carbocycles. The number of aliphatic hydroxyl groups excluding tert-OH is 1. The van der Waals surface area contributed by atoms with Crippen LogP contribution < -0.4 is 10.6 Å². The van der Waals surface area contributed by atoms with Gasteiger partial charge in [0.15, 0.2) is 17.3 Å². The van der Waals surface area contributed by atoms with Crippen molar-refractivity contribution in [1.29, 1.82) is 0 Å². The van der Waals surface area contributed by atoms with Crippen molar-refractivity contribution in [2.24, 2.45) is 0 Å². The lowest BCUT2D eigenvalue weighted by molar-refractivity contribution is 0.0839. The minimum absolute atomic E-state index is 0.0129. The zero-order valence-electron chi connectivity index (χ0n) is 15.9. The van der Waals surface area contributed by atoms with Crippen molar-refractivity contribution < 1.29 is 23.5 Å². The predicted molar refractivity (Wildman–Crippen MR) is 104 cm³/mol. The number of furan rings is 1. The van der Waals surface area contributed by atoms with Crippen LogP contribution in [0, 0.1) is 5.82 Å². The van der Waals surface area contributed by atoms with Gasteiger partial charge < -0.3 is 20.2 Å². The summed E-state index contributed by atoms with van der Waals surface area (Å²) in [6, 6.07) is 6.90. The van der Waals surface area contributed by atoms with Gasteiger partial charge in [0, 0.05) is 11.7 Å². The largest absolute Gasteiger partial charge is 0.446 e. The monoisotopic (exact) mass is 413 g/mol. The highest BCUT2D eigenvalue weighted by molar-refractivity contribution is 6.03. The highest BCUT2D eigenvalue weighted by atomic mass is 19.1. The fourth-order valence-corrected chi connectivity index (χ4v) is 3.35. The number of halogens is 1. The molecule has 0 unspecified atom stereocenters. The molecule has 3 aromatic rings. The summed E-state index contributed by atoms with van der Waals surface area (Å²) in [4.78, 5) is 28.5. The van der Waals surface area contributed by atoms with Crippen LogP contribution in [0.2, 0.25) is 0 Å². The van der Waals surface area contributed by atoms with Crippen LogP contribution in [0.25, 0.3) is 5.69 Å². The van der Waals surface area contributed by atoms with Crippen molar-refractivity contribution in [3.63, 3.8) is 0 Å². The van der Waals surface area contributed by atoms with Crippen molar-refractivity contribution in [3.05, 3.63) is 60.3 Å². The second-order valence-corrected chi connectivity index (χ2v) is 7.10. The average molecular weight is 413 g/mol. The van der Waals surface area contributed by atoms with Crippen molar-refractivity contribution >= 4 is 17.5 Å². The Morgan fingerprint density at radius 3 is 2.50 bits per heavy atom. The van der Waals surface area contributed by atoms with E-state index < -0.39 is 17.6 Å². The summed E-state index contributed by atoms with van der Waals surface area (Å²) in [5, 5.41) is 18.8. The lowest BCUT2D eigenvalue weighted by Gasteiger charge is -2.25. The van der Waals surface area contributed by atoms with Crippen LogP contribution in [-0.2, 0) is 0 Å². The van der Waals surface area contributed by atoms with Gasteiger partial charge in [0.05, 0.1) is 6.10 Å². The normalized spacial score (nSPS) is 18.7. The van der Waals surface area contributed by atoms with E-state index in [1.54, 1.807) is 0 Å². The van der Waals surface area contributed by atoms with Gasteiger partial charge in [-0.25, -0.2) is 14.1 Å². The van der Waals surface area contributed by atoms with Crippen LogP contribution in [0.5, 0.6) is 0 Å². The molecule has 0 radical (unpaired) electrons. The maximum absolute atomic E-state index is 14.3. The molecule has 1 aromatic carbocycles. The molecule has 9 nitrogen and oxygen atoms in total. The Balaban J connectivity index is 1.38. The molecule has 0 spiro atoms. The molecule has 2 amide bonds. The lowest BCUT2D eigenvalue weighted by Crippen LogP contribution is -2.38. The number of amides is 2. The standard InChI is InChI=1S/C20H20FN5O4/c21-15-9-13(3-6-16(15)26-11-22-10-23-26)25-20(29)18-8-7-17(30-18)19(28)24-12-1-4-14(27)5-2-12/h3,6-12,14,27H,1-2,4-5H2,(H,24,28)(H,25,29). The summed E-state index contributed by atoms with van der Waals surface area (Å²) in [6.07, 6.45) is 5.01. The van der Waals surface area contributed by atoms with Crippen LogP contribution in [0.3, 0.4) is 0 Å². The van der Waals surface area contributed by atoms with E-state index in [4.69, 9.17) is 4.42 Å². The molecule has 10 heteroatoms. The summed E-state index contributed by atoms with van der Waals surface area (Å²) >= 11 is 0. The first kappa shape index (κ1) is 19.8. The molecule has 0 aliphatic heterocycles. The van der Waals surface area contributed by atoms with E-state index in [2.05, 4.69) is 20.7 Å². The number of nitrogens with one attached hydrogen (secondary N) is 2. The molecule has 2 aromatic heterocycles. The number of nitrogens with zero attached hydrogens (tertiary/aromatic N) is 3. The highest BCUT2D eigenvalue weighted by Crippen LogP contribution is 2.20. The third kappa shape index (κ3) is 4.38. The van der Waals surface area contributed by atoms with Crippen LogP contribution in [0.4, 0.5) is 10.1 Å². The van der Waals surface area contributed by atoms with Gasteiger partial charge in [0.25, 0.3) is 11.8 Å².